The maximum atomic E-state index is 13.3. The van der Waals surface area contributed by atoms with Crippen LogP contribution in [0.25, 0.3) is 22.6 Å². The van der Waals surface area contributed by atoms with Crippen molar-refractivity contribution in [2.45, 2.75) is 0 Å². The van der Waals surface area contributed by atoms with Crippen LogP contribution in [-0.2, 0) is 4.74 Å². The van der Waals surface area contributed by atoms with Crippen molar-refractivity contribution in [2.75, 3.05) is 7.11 Å². The Morgan fingerprint density at radius 2 is 2.13 bits per heavy atom. The van der Waals surface area contributed by atoms with Crippen molar-refractivity contribution >= 4 is 22.8 Å². The van der Waals surface area contributed by atoms with Crippen molar-refractivity contribution in [2.24, 2.45) is 0 Å². The minimum Gasteiger partial charge on any atom is -0.465 e. The number of carbonyl (C=O) groups is 1. The number of ether oxygens (including phenoxy) is 1. The SMILES string of the molecule is COC(=O)c1cc([N+](=O)[O-])cc2nc(-c3cccc(F)c3)oc12. The Balaban J connectivity index is 2.25. The smallest absolute Gasteiger partial charge is 0.342 e. The van der Waals surface area contributed by atoms with Crippen LogP contribution in [0.4, 0.5) is 10.1 Å². The molecule has 0 aliphatic rings. The van der Waals surface area contributed by atoms with Crippen molar-refractivity contribution in [1.82, 2.24) is 4.98 Å². The fourth-order valence-corrected chi connectivity index (χ4v) is 2.13. The molecule has 0 aliphatic carbocycles. The highest BCUT2D eigenvalue weighted by molar-refractivity contribution is 6.02. The predicted octanol–water partition coefficient (Wildman–Crippen LogP) is 3.33. The first kappa shape index (κ1) is 14.6. The van der Waals surface area contributed by atoms with Gasteiger partial charge in [0.1, 0.15) is 16.9 Å². The van der Waals surface area contributed by atoms with Crippen molar-refractivity contribution in [1.29, 1.82) is 0 Å². The van der Waals surface area contributed by atoms with Crippen molar-refractivity contribution in [3.8, 4) is 11.5 Å². The molecule has 8 heteroatoms. The zero-order chi connectivity index (χ0) is 16.6. The molecule has 3 rings (SSSR count). The fourth-order valence-electron chi connectivity index (χ4n) is 2.13. The van der Waals surface area contributed by atoms with E-state index in [0.29, 0.717) is 5.56 Å². The summed E-state index contributed by atoms with van der Waals surface area (Å²) in [6.45, 7) is 0. The molecular weight excluding hydrogens is 307 g/mol. The van der Waals surface area contributed by atoms with E-state index in [1.54, 1.807) is 6.07 Å². The van der Waals surface area contributed by atoms with Crippen molar-refractivity contribution in [3.63, 3.8) is 0 Å². The number of benzene rings is 2. The van der Waals surface area contributed by atoms with Gasteiger partial charge in [-0.2, -0.15) is 0 Å². The average molecular weight is 316 g/mol. The van der Waals surface area contributed by atoms with Gasteiger partial charge in [0.15, 0.2) is 5.58 Å². The minimum absolute atomic E-state index is 0.0433. The summed E-state index contributed by atoms with van der Waals surface area (Å²) in [6, 6.07) is 7.74. The van der Waals surface area contributed by atoms with E-state index >= 15 is 0 Å². The van der Waals surface area contributed by atoms with Gasteiger partial charge in [-0.25, -0.2) is 14.2 Å². The van der Waals surface area contributed by atoms with Crippen LogP contribution in [0.5, 0.6) is 0 Å². The molecule has 0 bridgehead atoms. The van der Waals surface area contributed by atoms with E-state index in [9.17, 15) is 19.3 Å². The first-order valence-electron chi connectivity index (χ1n) is 6.43. The lowest BCUT2D eigenvalue weighted by Crippen LogP contribution is -2.02. The summed E-state index contributed by atoms with van der Waals surface area (Å²) < 4.78 is 23.4. The molecule has 0 amide bonds. The number of hydrogen-bond acceptors (Lipinski definition) is 6. The molecule has 0 aliphatic heterocycles. The highest BCUT2D eigenvalue weighted by Gasteiger charge is 2.22. The number of esters is 1. The quantitative estimate of drug-likeness (QED) is 0.418. The number of rotatable bonds is 3. The molecule has 0 spiro atoms. The van der Waals surface area contributed by atoms with Gasteiger partial charge < -0.3 is 9.15 Å². The number of non-ortho nitro benzene ring substituents is 1. The standard InChI is InChI=1S/C15H9FN2O5/c1-22-15(19)11-6-10(18(20)21)7-12-13(11)23-14(17-12)8-3-2-4-9(16)5-8/h2-7H,1H3. The van der Waals surface area contributed by atoms with Crippen LogP contribution in [-0.4, -0.2) is 23.0 Å². The Morgan fingerprint density at radius 1 is 1.35 bits per heavy atom. The number of hydrogen-bond donors (Lipinski definition) is 0. The van der Waals surface area contributed by atoms with Crippen molar-refractivity contribution < 1.29 is 23.3 Å². The number of nitro benzene ring substituents is 1. The highest BCUT2D eigenvalue weighted by Crippen LogP contribution is 2.30. The van der Waals surface area contributed by atoms with Crippen LogP contribution >= 0.6 is 0 Å². The lowest BCUT2D eigenvalue weighted by Gasteiger charge is -1.99. The number of carbonyl (C=O) groups excluding carboxylic acids is 1. The van der Waals surface area contributed by atoms with E-state index in [4.69, 9.17) is 4.42 Å². The van der Waals surface area contributed by atoms with Gasteiger partial charge in [-0.3, -0.25) is 10.1 Å². The first-order chi connectivity index (χ1) is 11.0. The molecule has 0 atom stereocenters. The topological polar surface area (TPSA) is 95.5 Å². The maximum absolute atomic E-state index is 13.3. The van der Waals surface area contributed by atoms with Crippen LogP contribution in [0.15, 0.2) is 40.8 Å². The monoisotopic (exact) mass is 316 g/mol. The Kier molecular flexibility index (Phi) is 3.49. The molecule has 1 heterocycles. The highest BCUT2D eigenvalue weighted by atomic mass is 19.1. The molecule has 0 N–H and O–H groups in total. The van der Waals surface area contributed by atoms with Gasteiger partial charge in [-0.05, 0) is 18.2 Å². The van der Waals surface area contributed by atoms with Gasteiger partial charge in [0, 0.05) is 17.7 Å². The number of nitro groups is 1. The van der Waals surface area contributed by atoms with Gasteiger partial charge >= 0.3 is 5.97 Å². The van der Waals surface area contributed by atoms with Gasteiger partial charge in [-0.1, -0.05) is 6.07 Å². The largest absolute Gasteiger partial charge is 0.465 e. The van der Waals surface area contributed by atoms with Gasteiger partial charge in [0.25, 0.3) is 5.69 Å². The van der Waals surface area contributed by atoms with Crippen LogP contribution in [0, 0.1) is 15.9 Å². The van der Waals surface area contributed by atoms with E-state index < -0.39 is 16.7 Å². The van der Waals surface area contributed by atoms with E-state index in [-0.39, 0.29) is 28.2 Å². The molecule has 0 unspecified atom stereocenters. The fraction of sp³-hybridized carbons (Fsp3) is 0.0667. The Bertz CT molecular complexity index is 935. The summed E-state index contributed by atoms with van der Waals surface area (Å²) >= 11 is 0. The second kappa shape index (κ2) is 5.48. The molecule has 0 fully saturated rings. The summed E-state index contributed by atoms with van der Waals surface area (Å²) in [5.41, 5.74) is 0.0593. The summed E-state index contributed by atoms with van der Waals surface area (Å²) in [5.74, 6) is -1.23. The Hall–Kier alpha value is -3.29. The predicted molar refractivity (Wildman–Crippen MR) is 77.4 cm³/mol. The second-order valence-electron chi connectivity index (χ2n) is 4.62. The van der Waals surface area contributed by atoms with E-state index in [1.807, 2.05) is 0 Å². The number of halogens is 1. The van der Waals surface area contributed by atoms with E-state index in [2.05, 4.69) is 9.72 Å². The number of fused-ring (bicyclic) bond motifs is 1. The molecule has 0 radical (unpaired) electrons. The summed E-state index contributed by atoms with van der Waals surface area (Å²) in [6.07, 6.45) is 0. The van der Waals surface area contributed by atoms with Gasteiger partial charge in [0.2, 0.25) is 5.89 Å². The number of oxazole rings is 1. The molecule has 3 aromatic rings. The zero-order valence-electron chi connectivity index (χ0n) is 11.8. The zero-order valence-corrected chi connectivity index (χ0v) is 11.8. The molecule has 1 aromatic heterocycles. The van der Waals surface area contributed by atoms with Crippen LogP contribution in [0.3, 0.4) is 0 Å². The Morgan fingerprint density at radius 3 is 2.78 bits per heavy atom. The molecule has 0 saturated carbocycles. The van der Waals surface area contributed by atoms with Crippen LogP contribution in [0.1, 0.15) is 10.4 Å². The minimum atomic E-state index is -0.791. The molecule has 2 aromatic carbocycles. The normalized spacial score (nSPS) is 10.7. The Labute approximate surface area is 128 Å². The second-order valence-corrected chi connectivity index (χ2v) is 4.62. The third-order valence-electron chi connectivity index (χ3n) is 3.16. The van der Waals surface area contributed by atoms with Gasteiger partial charge in [-0.15, -0.1) is 0 Å². The summed E-state index contributed by atoms with van der Waals surface area (Å²) in [4.78, 5) is 26.2. The number of nitrogens with zero attached hydrogens (tertiary/aromatic N) is 2. The molecular formula is C15H9FN2O5. The molecule has 7 nitrogen and oxygen atoms in total. The molecule has 23 heavy (non-hydrogen) atoms. The van der Waals surface area contributed by atoms with Crippen molar-refractivity contribution in [3.05, 3.63) is 57.9 Å². The maximum Gasteiger partial charge on any atom is 0.342 e. The molecule has 116 valence electrons. The third-order valence-corrected chi connectivity index (χ3v) is 3.16. The van der Waals surface area contributed by atoms with E-state index in [0.717, 1.165) is 13.2 Å². The number of aromatic nitrogens is 1. The first-order valence-corrected chi connectivity index (χ1v) is 6.43. The lowest BCUT2D eigenvalue weighted by atomic mass is 10.1. The van der Waals surface area contributed by atoms with Crippen LogP contribution in [0.2, 0.25) is 0 Å². The lowest BCUT2D eigenvalue weighted by molar-refractivity contribution is -0.384. The van der Waals surface area contributed by atoms with E-state index in [1.165, 1.54) is 24.3 Å². The van der Waals surface area contributed by atoms with Crippen LogP contribution < -0.4 is 0 Å². The summed E-state index contributed by atoms with van der Waals surface area (Å²) in [7, 11) is 1.15. The summed E-state index contributed by atoms with van der Waals surface area (Å²) in [5, 5.41) is 11.0. The van der Waals surface area contributed by atoms with Gasteiger partial charge in [0.05, 0.1) is 12.0 Å². The average Bonchev–Trinajstić information content (AvgIpc) is 2.97. The third kappa shape index (κ3) is 2.61. The molecule has 0 saturated heterocycles. The number of methoxy groups -OCH3 is 1.